The van der Waals surface area contributed by atoms with Gasteiger partial charge in [0.15, 0.2) is 5.65 Å². The van der Waals surface area contributed by atoms with Crippen LogP contribution in [-0.2, 0) is 11.2 Å². The summed E-state index contributed by atoms with van der Waals surface area (Å²) < 4.78 is 21.0. The van der Waals surface area contributed by atoms with E-state index in [-0.39, 0.29) is 5.82 Å². The van der Waals surface area contributed by atoms with E-state index in [1.54, 1.807) is 12.3 Å². The van der Waals surface area contributed by atoms with Gasteiger partial charge in [0.25, 0.3) is 0 Å². The quantitative estimate of drug-likeness (QED) is 0.745. The highest BCUT2D eigenvalue weighted by Gasteiger charge is 2.21. The molecule has 1 saturated heterocycles. The molecule has 1 aromatic carbocycles. The molecule has 4 nitrogen and oxygen atoms in total. The van der Waals surface area contributed by atoms with Gasteiger partial charge in [-0.25, -0.2) is 14.4 Å². The largest absolute Gasteiger partial charge is 0.381 e. The number of ether oxygens (including phenoxy) is 1. The van der Waals surface area contributed by atoms with Crippen LogP contribution in [0.5, 0.6) is 0 Å². The van der Waals surface area contributed by atoms with Crippen LogP contribution in [0.1, 0.15) is 12.2 Å². The first-order valence-corrected chi connectivity index (χ1v) is 7.47. The average Bonchev–Trinajstić information content (AvgIpc) is 3.14. The Bertz CT molecular complexity index is 809. The molecule has 1 unspecified atom stereocenters. The lowest BCUT2D eigenvalue weighted by Crippen LogP contribution is -2.10. The van der Waals surface area contributed by atoms with Gasteiger partial charge >= 0.3 is 0 Å². The van der Waals surface area contributed by atoms with Crippen LogP contribution in [0.2, 0.25) is 0 Å². The zero-order valence-electron chi connectivity index (χ0n) is 12.1. The van der Waals surface area contributed by atoms with Crippen molar-refractivity contribution in [3.8, 4) is 5.69 Å². The highest BCUT2D eigenvalue weighted by molar-refractivity contribution is 5.73. The van der Waals surface area contributed by atoms with Crippen molar-refractivity contribution in [1.29, 1.82) is 0 Å². The summed E-state index contributed by atoms with van der Waals surface area (Å²) in [6.07, 6.45) is 3.59. The summed E-state index contributed by atoms with van der Waals surface area (Å²) >= 11 is 0. The number of imidazole rings is 1. The van der Waals surface area contributed by atoms with Gasteiger partial charge < -0.3 is 4.74 Å². The lowest BCUT2D eigenvalue weighted by Gasteiger charge is -2.11. The van der Waals surface area contributed by atoms with E-state index in [0.29, 0.717) is 5.92 Å². The topological polar surface area (TPSA) is 39.9 Å². The van der Waals surface area contributed by atoms with Crippen LogP contribution < -0.4 is 0 Å². The third kappa shape index (κ3) is 2.37. The zero-order chi connectivity index (χ0) is 14.9. The van der Waals surface area contributed by atoms with Gasteiger partial charge in [0, 0.05) is 25.8 Å². The van der Waals surface area contributed by atoms with Crippen LogP contribution in [0.4, 0.5) is 4.39 Å². The molecule has 0 bridgehead atoms. The van der Waals surface area contributed by atoms with Crippen molar-refractivity contribution in [2.45, 2.75) is 12.8 Å². The van der Waals surface area contributed by atoms with E-state index >= 15 is 0 Å². The van der Waals surface area contributed by atoms with Gasteiger partial charge in [-0.15, -0.1) is 0 Å². The fourth-order valence-electron chi connectivity index (χ4n) is 2.99. The van der Waals surface area contributed by atoms with Crippen LogP contribution in [0, 0.1) is 11.7 Å². The molecule has 1 aliphatic rings. The average molecular weight is 297 g/mol. The predicted octanol–water partition coefficient (Wildman–Crippen LogP) is 3.14. The van der Waals surface area contributed by atoms with Crippen molar-refractivity contribution in [1.82, 2.24) is 14.5 Å². The van der Waals surface area contributed by atoms with E-state index in [1.807, 2.05) is 22.8 Å². The summed E-state index contributed by atoms with van der Waals surface area (Å²) in [5.41, 5.74) is 2.36. The molecule has 3 aromatic rings. The van der Waals surface area contributed by atoms with Gasteiger partial charge in [0.05, 0.1) is 5.69 Å². The number of halogens is 1. The number of aromatic nitrogens is 3. The summed E-state index contributed by atoms with van der Waals surface area (Å²) in [7, 11) is 0. The Balaban J connectivity index is 1.85. The maximum Gasteiger partial charge on any atom is 0.164 e. The maximum absolute atomic E-state index is 13.6. The SMILES string of the molecule is Fc1cccc(-n2c(CC3CCOC3)nc3cccnc32)c1. The molecule has 22 heavy (non-hydrogen) atoms. The lowest BCUT2D eigenvalue weighted by molar-refractivity contribution is 0.185. The van der Waals surface area contributed by atoms with Crippen molar-refractivity contribution < 1.29 is 9.13 Å². The van der Waals surface area contributed by atoms with Gasteiger partial charge in [-0.2, -0.15) is 0 Å². The number of rotatable bonds is 3. The standard InChI is InChI=1S/C17H16FN3O/c18-13-3-1-4-14(10-13)21-16(9-12-6-8-22-11-12)20-15-5-2-7-19-17(15)21/h1-5,7,10,12H,6,8-9,11H2. The molecule has 2 aromatic heterocycles. The fraction of sp³-hybridized carbons (Fsp3) is 0.294. The monoisotopic (exact) mass is 297 g/mol. The second-order valence-corrected chi connectivity index (χ2v) is 5.62. The molecule has 0 aliphatic carbocycles. The Kier molecular flexibility index (Phi) is 3.35. The van der Waals surface area contributed by atoms with E-state index in [1.165, 1.54) is 12.1 Å². The zero-order valence-corrected chi connectivity index (χ0v) is 12.1. The van der Waals surface area contributed by atoms with E-state index < -0.39 is 0 Å². The van der Waals surface area contributed by atoms with Crippen molar-refractivity contribution in [3.05, 3.63) is 54.2 Å². The summed E-state index contributed by atoms with van der Waals surface area (Å²) in [4.78, 5) is 9.13. The van der Waals surface area contributed by atoms with Crippen molar-refractivity contribution >= 4 is 11.2 Å². The molecular weight excluding hydrogens is 281 g/mol. The van der Waals surface area contributed by atoms with Crippen molar-refractivity contribution in [2.75, 3.05) is 13.2 Å². The van der Waals surface area contributed by atoms with Crippen LogP contribution in [-0.4, -0.2) is 27.7 Å². The molecule has 0 spiro atoms. The second kappa shape index (κ2) is 5.50. The Morgan fingerprint density at radius 1 is 1.27 bits per heavy atom. The second-order valence-electron chi connectivity index (χ2n) is 5.62. The van der Waals surface area contributed by atoms with Crippen LogP contribution in [0.15, 0.2) is 42.6 Å². The molecule has 5 heteroatoms. The first kappa shape index (κ1) is 13.4. The van der Waals surface area contributed by atoms with Crippen molar-refractivity contribution in [3.63, 3.8) is 0 Å². The molecule has 1 aliphatic heterocycles. The minimum absolute atomic E-state index is 0.259. The van der Waals surface area contributed by atoms with E-state index in [0.717, 1.165) is 48.7 Å². The molecule has 112 valence electrons. The van der Waals surface area contributed by atoms with Crippen LogP contribution in [0.3, 0.4) is 0 Å². The highest BCUT2D eigenvalue weighted by Crippen LogP contribution is 2.24. The van der Waals surface area contributed by atoms with Crippen molar-refractivity contribution in [2.24, 2.45) is 5.92 Å². The Labute approximate surface area is 127 Å². The van der Waals surface area contributed by atoms with Crippen LogP contribution >= 0.6 is 0 Å². The first-order chi connectivity index (χ1) is 10.8. The molecule has 1 fully saturated rings. The maximum atomic E-state index is 13.6. The number of hydrogen-bond acceptors (Lipinski definition) is 3. The molecule has 0 radical (unpaired) electrons. The van der Waals surface area contributed by atoms with Gasteiger partial charge in [-0.1, -0.05) is 6.07 Å². The normalized spacial score (nSPS) is 18.1. The minimum atomic E-state index is -0.259. The van der Waals surface area contributed by atoms with Gasteiger partial charge in [-0.05, 0) is 42.7 Å². The van der Waals surface area contributed by atoms with E-state index in [9.17, 15) is 4.39 Å². The molecule has 0 saturated carbocycles. The summed E-state index contributed by atoms with van der Waals surface area (Å²) in [5.74, 6) is 1.12. The minimum Gasteiger partial charge on any atom is -0.381 e. The Morgan fingerprint density at radius 3 is 3.05 bits per heavy atom. The summed E-state index contributed by atoms with van der Waals surface area (Å²) in [6, 6.07) is 10.4. The Morgan fingerprint density at radius 2 is 2.23 bits per heavy atom. The number of benzene rings is 1. The van der Waals surface area contributed by atoms with Crippen LogP contribution in [0.25, 0.3) is 16.9 Å². The highest BCUT2D eigenvalue weighted by atomic mass is 19.1. The number of hydrogen-bond donors (Lipinski definition) is 0. The summed E-state index contributed by atoms with van der Waals surface area (Å²) in [6.45, 7) is 1.57. The number of fused-ring (bicyclic) bond motifs is 1. The molecule has 0 amide bonds. The van der Waals surface area contributed by atoms with E-state index in [2.05, 4.69) is 4.98 Å². The fourth-order valence-corrected chi connectivity index (χ4v) is 2.99. The molecular formula is C17H16FN3O. The summed E-state index contributed by atoms with van der Waals surface area (Å²) in [5, 5.41) is 0. The Hall–Kier alpha value is -2.27. The third-order valence-electron chi connectivity index (χ3n) is 4.05. The predicted molar refractivity (Wildman–Crippen MR) is 81.5 cm³/mol. The van der Waals surface area contributed by atoms with Gasteiger partial charge in [0.2, 0.25) is 0 Å². The lowest BCUT2D eigenvalue weighted by atomic mass is 10.0. The van der Waals surface area contributed by atoms with E-state index in [4.69, 9.17) is 9.72 Å². The first-order valence-electron chi connectivity index (χ1n) is 7.47. The van der Waals surface area contributed by atoms with Gasteiger partial charge in [0.1, 0.15) is 17.2 Å². The number of nitrogens with zero attached hydrogens (tertiary/aromatic N) is 3. The van der Waals surface area contributed by atoms with Gasteiger partial charge in [-0.3, -0.25) is 4.57 Å². The smallest absolute Gasteiger partial charge is 0.164 e. The molecule has 1 atom stereocenters. The molecule has 3 heterocycles. The molecule has 4 rings (SSSR count). The molecule has 0 N–H and O–H groups in total. The number of pyridine rings is 1. The third-order valence-corrected chi connectivity index (χ3v) is 4.05.